The lowest BCUT2D eigenvalue weighted by Gasteiger charge is -2.46. The predicted octanol–water partition coefficient (Wildman–Crippen LogP) is 16.7. The van der Waals surface area contributed by atoms with Crippen LogP contribution in [0.15, 0.2) is 194 Å². The summed E-state index contributed by atoms with van der Waals surface area (Å²) in [7, 11) is 0. The Bertz CT molecular complexity index is 3560. The molecule has 67 heavy (non-hydrogen) atoms. The van der Waals surface area contributed by atoms with Crippen LogP contribution in [0.1, 0.15) is 58.2 Å². The van der Waals surface area contributed by atoms with Crippen molar-refractivity contribution in [2.45, 2.75) is 59.3 Å². The third-order valence-corrected chi connectivity index (χ3v) is 15.4. The van der Waals surface area contributed by atoms with Crippen molar-refractivity contribution in [3.8, 4) is 44.5 Å². The molecule has 3 heterocycles. The zero-order chi connectivity index (χ0) is 45.8. The van der Waals surface area contributed by atoms with Crippen molar-refractivity contribution in [1.29, 1.82) is 0 Å². The fraction of sp³-hybridized carbons (Fsp3) is 0.143. The van der Waals surface area contributed by atoms with E-state index in [4.69, 9.17) is 0 Å². The Morgan fingerprint density at radius 1 is 0.403 bits per heavy atom. The highest BCUT2D eigenvalue weighted by Gasteiger charge is 2.46. The largest absolute Gasteiger partial charge is 0.376 e. The van der Waals surface area contributed by atoms with E-state index in [1.165, 1.54) is 121 Å². The maximum Gasteiger partial charge on any atom is 0.333 e. The van der Waals surface area contributed by atoms with E-state index < -0.39 is 0 Å². The molecule has 1 aromatic heterocycles. The number of nitrogens with zero attached hydrogens (tertiary/aromatic N) is 2. The van der Waals surface area contributed by atoms with E-state index in [1.807, 2.05) is 11.3 Å². The molecule has 10 aromatic rings. The molecule has 4 heteroatoms. The Labute approximate surface area is 399 Å². The molecule has 0 radical (unpaired) electrons. The zero-order valence-corrected chi connectivity index (χ0v) is 40.2. The van der Waals surface area contributed by atoms with E-state index in [-0.39, 0.29) is 17.7 Å². The normalized spacial score (nSPS) is 13.2. The number of rotatable bonds is 5. The van der Waals surface area contributed by atoms with Crippen molar-refractivity contribution in [1.82, 2.24) is 0 Å². The fourth-order valence-electron chi connectivity index (χ4n) is 10.8. The molecule has 0 atom stereocenters. The number of fused-ring (bicyclic) bond motifs is 7. The van der Waals surface area contributed by atoms with E-state index in [9.17, 15) is 0 Å². The van der Waals surface area contributed by atoms with Crippen LogP contribution < -0.4 is 20.6 Å². The second-order valence-electron chi connectivity index (χ2n) is 20.6. The summed E-state index contributed by atoms with van der Waals surface area (Å²) >= 11 is 1.90. The van der Waals surface area contributed by atoms with Crippen LogP contribution in [0.3, 0.4) is 0 Å². The molecule has 0 saturated carbocycles. The van der Waals surface area contributed by atoms with Crippen LogP contribution in [-0.2, 0) is 10.8 Å². The van der Waals surface area contributed by atoms with Crippen molar-refractivity contribution in [3.63, 3.8) is 0 Å². The van der Waals surface area contributed by atoms with Gasteiger partial charge in [-0.3, -0.25) is 0 Å². The monoisotopic (exact) mass is 880 g/mol. The molecule has 2 nitrogen and oxygen atoms in total. The molecule has 0 saturated heterocycles. The average Bonchev–Trinajstić information content (AvgIpc) is 3.71. The molecule has 2 aliphatic rings. The Kier molecular flexibility index (Phi) is 9.54. The first-order valence-corrected chi connectivity index (χ1v) is 24.5. The molecule has 0 spiro atoms. The number of hydrogen-bond donors (Lipinski definition) is 0. The van der Waals surface area contributed by atoms with Gasteiger partial charge in [-0.25, -0.2) is 0 Å². The van der Waals surface area contributed by atoms with Crippen LogP contribution in [0.5, 0.6) is 0 Å². The number of benzene rings is 9. The number of hydrogen-bond acceptors (Lipinski definition) is 3. The van der Waals surface area contributed by atoms with Gasteiger partial charge in [0.1, 0.15) is 0 Å². The van der Waals surface area contributed by atoms with Crippen LogP contribution >= 0.6 is 11.3 Å². The van der Waals surface area contributed by atoms with Crippen LogP contribution in [0.2, 0.25) is 0 Å². The number of anilines is 5. The first-order valence-electron chi connectivity index (χ1n) is 23.7. The minimum absolute atomic E-state index is 0.0262. The highest BCUT2D eigenvalue weighted by Crippen LogP contribution is 2.52. The second kappa shape index (κ2) is 15.5. The number of aryl methyl sites for hydroxylation is 1. The number of thiophene rings is 1. The smallest absolute Gasteiger partial charge is 0.333 e. The topological polar surface area (TPSA) is 6.48 Å². The molecule has 0 N–H and O–H groups in total. The molecular weight excluding hydrogens is 828 g/mol. The van der Waals surface area contributed by atoms with Gasteiger partial charge in [0.25, 0.3) is 0 Å². The Morgan fingerprint density at radius 2 is 1.04 bits per heavy atom. The van der Waals surface area contributed by atoms with Gasteiger partial charge in [0.05, 0.1) is 5.69 Å². The summed E-state index contributed by atoms with van der Waals surface area (Å²) < 4.78 is 2.61. The van der Waals surface area contributed by atoms with Gasteiger partial charge < -0.3 is 9.71 Å². The molecule has 324 valence electrons. The van der Waals surface area contributed by atoms with Crippen molar-refractivity contribution in [3.05, 3.63) is 211 Å². The highest BCUT2D eigenvalue weighted by molar-refractivity contribution is 7.26. The van der Waals surface area contributed by atoms with Crippen LogP contribution in [-0.4, -0.2) is 6.85 Å². The quantitative estimate of drug-likeness (QED) is 0.159. The van der Waals surface area contributed by atoms with Gasteiger partial charge in [0, 0.05) is 54.0 Å². The molecule has 0 fully saturated rings. The van der Waals surface area contributed by atoms with E-state index in [0.717, 1.165) is 0 Å². The average molecular weight is 881 g/mol. The van der Waals surface area contributed by atoms with E-state index in [1.54, 1.807) is 0 Å². The molecule has 0 amide bonds. The van der Waals surface area contributed by atoms with Crippen LogP contribution in [0.25, 0.3) is 64.7 Å². The molecule has 2 aliphatic heterocycles. The van der Waals surface area contributed by atoms with Gasteiger partial charge in [-0.05, 0) is 145 Å². The van der Waals surface area contributed by atoms with Crippen molar-refractivity contribution >= 4 is 77.7 Å². The summed E-state index contributed by atoms with van der Waals surface area (Å²) in [6, 6.07) is 73.6. The lowest BCUT2D eigenvalue weighted by atomic mass is 9.43. The summed E-state index contributed by atoms with van der Waals surface area (Å²) in [6.07, 6.45) is 0. The molecule has 0 bridgehead atoms. The van der Waals surface area contributed by atoms with Gasteiger partial charge in [0.2, 0.25) is 0 Å². The Morgan fingerprint density at radius 3 is 1.78 bits per heavy atom. The molecule has 12 rings (SSSR count). The van der Waals surface area contributed by atoms with E-state index >= 15 is 0 Å². The van der Waals surface area contributed by atoms with Gasteiger partial charge in [-0.15, -0.1) is 11.3 Å². The van der Waals surface area contributed by atoms with E-state index in [0.29, 0.717) is 0 Å². The molecular formula is C63H53BN2S. The summed E-state index contributed by atoms with van der Waals surface area (Å²) in [5.74, 6) is 0. The van der Waals surface area contributed by atoms with Gasteiger partial charge in [-0.1, -0.05) is 169 Å². The maximum absolute atomic E-state index is 2.66. The third kappa shape index (κ3) is 6.84. The summed E-state index contributed by atoms with van der Waals surface area (Å²) in [4.78, 5) is 5.30. The Balaban J connectivity index is 1.24. The van der Waals surface area contributed by atoms with Crippen LogP contribution in [0.4, 0.5) is 28.4 Å². The standard InChI is InChI=1S/C63H53BN2S/c1-40-18-14-15-23-48(40)44-35-53-51-34-43(41-19-10-8-11-20-41)26-32-56(51)66(47-30-27-45(28-31-47)62(2,3)4)64-54-39-60-52(49-24-16-17-25-59(49)67-60)38-57(54)65(58(36-44)61(53)64)55-33-29-46(63(5,6)7)37-50(55)42-21-12-9-13-22-42/h8-39H,1-7H3. The summed E-state index contributed by atoms with van der Waals surface area (Å²) in [6.45, 7) is 16.0. The van der Waals surface area contributed by atoms with E-state index in [2.05, 4.69) is 252 Å². The zero-order valence-electron chi connectivity index (χ0n) is 39.4. The second-order valence-corrected chi connectivity index (χ2v) is 21.7. The first kappa shape index (κ1) is 41.3. The Hall–Kier alpha value is -7.14. The fourth-order valence-corrected chi connectivity index (χ4v) is 11.9. The van der Waals surface area contributed by atoms with Gasteiger partial charge in [0.15, 0.2) is 0 Å². The predicted molar refractivity (Wildman–Crippen MR) is 291 cm³/mol. The van der Waals surface area contributed by atoms with Crippen LogP contribution in [0, 0.1) is 6.92 Å². The third-order valence-electron chi connectivity index (χ3n) is 14.3. The summed E-state index contributed by atoms with van der Waals surface area (Å²) in [5, 5.41) is 2.59. The lowest BCUT2D eigenvalue weighted by molar-refractivity contribution is 0.590. The minimum atomic E-state index is -0.124. The highest BCUT2D eigenvalue weighted by atomic mass is 32.1. The van der Waals surface area contributed by atoms with Crippen molar-refractivity contribution in [2.75, 3.05) is 9.71 Å². The maximum atomic E-state index is 2.66. The molecule has 0 unspecified atom stereocenters. The molecule has 9 aromatic carbocycles. The van der Waals surface area contributed by atoms with Crippen molar-refractivity contribution in [2.24, 2.45) is 0 Å². The van der Waals surface area contributed by atoms with Gasteiger partial charge in [-0.2, -0.15) is 0 Å². The van der Waals surface area contributed by atoms with Crippen molar-refractivity contribution < 1.29 is 0 Å². The van der Waals surface area contributed by atoms with Gasteiger partial charge >= 0.3 is 6.85 Å². The first-order chi connectivity index (χ1) is 32.4. The lowest BCUT2D eigenvalue weighted by Crippen LogP contribution is -2.61. The SMILES string of the molecule is Cc1ccccc1-c1cc2c3c(c1)N(c1ccc(C(C)(C)C)cc1-c1ccccc1)c1cc4c(cc1B3N(c1ccc(C(C)(C)C)cc1)c1ccc(-c3ccccc3)cc1-2)sc1ccccc14. The molecule has 0 aliphatic carbocycles. The minimum Gasteiger partial charge on any atom is -0.376 e. The summed E-state index contributed by atoms with van der Waals surface area (Å²) in [5.41, 5.74) is 22.3.